The third-order valence-electron chi connectivity index (χ3n) is 12.4. The van der Waals surface area contributed by atoms with E-state index in [4.69, 9.17) is 29.0 Å². The highest BCUT2D eigenvalue weighted by molar-refractivity contribution is 7.61. The minimum absolute atomic E-state index is 0.0114. The number of allylic oxidation sites excluding steroid dienone is 3. The number of fused-ring (bicyclic) bond motifs is 3. The maximum Gasteiger partial charge on any atom is 0.481 e. The van der Waals surface area contributed by atoms with Crippen LogP contribution in [0.3, 0.4) is 0 Å². The van der Waals surface area contributed by atoms with Crippen LogP contribution in [0.5, 0.6) is 0 Å². The Morgan fingerprint density at radius 3 is 2.14 bits per heavy atom. The molecule has 0 amide bonds. The van der Waals surface area contributed by atoms with Crippen LogP contribution < -0.4 is 11.4 Å². The molecule has 1 aromatic rings. The Balaban J connectivity index is 1.78. The van der Waals surface area contributed by atoms with E-state index in [-0.39, 0.29) is 25.1 Å². The van der Waals surface area contributed by atoms with E-state index in [1.54, 1.807) is 12.2 Å². The molecule has 7 N–H and O–H groups in total. The number of phosphoric acid groups is 2. The molecular formula is C50H83N3O17P2. The van der Waals surface area contributed by atoms with Gasteiger partial charge >= 0.3 is 33.3 Å². The number of hydrogen-bond acceptors (Lipinski definition) is 17. The van der Waals surface area contributed by atoms with Crippen molar-refractivity contribution in [2.24, 2.45) is 17.8 Å². The van der Waals surface area contributed by atoms with Crippen molar-refractivity contribution in [3.05, 3.63) is 59.2 Å². The molecule has 10 atom stereocenters. The summed E-state index contributed by atoms with van der Waals surface area (Å²) in [7, 11) is -11.2. The summed E-state index contributed by atoms with van der Waals surface area (Å²) >= 11 is 0. The lowest BCUT2D eigenvalue weighted by atomic mass is 9.88. The van der Waals surface area contributed by atoms with Crippen molar-refractivity contribution >= 4 is 39.2 Å². The van der Waals surface area contributed by atoms with Gasteiger partial charge in [-0.05, 0) is 50.2 Å². The normalized spacial score (nSPS) is 29.0. The number of nitrogen functional groups attached to an aromatic ring is 1. The van der Waals surface area contributed by atoms with E-state index >= 15 is 0 Å². The summed E-state index contributed by atoms with van der Waals surface area (Å²) in [5, 5.41) is 33.9. The molecule has 2 aliphatic rings. The SMILES string of the molecule is CCCCC[C@H](O)C=C[C@H]1C(=O)/C=C\[C@@H]2C/C=C\CCCC(=O)OC[C@@H](OC(=O)CCCCCCCCCCCCCCC(C)C)COP(=O)(O)OP(=O)(O)OC[C@@H](O[C@H]2n2ccc(N)nc2=O)[C@@H](O)[C@H]1O. The molecule has 3 heterocycles. The maximum absolute atomic E-state index is 13.8. The van der Waals surface area contributed by atoms with Crippen LogP contribution in [0.15, 0.2) is 53.5 Å². The number of aliphatic hydroxyl groups excluding tert-OH is 3. The van der Waals surface area contributed by atoms with Gasteiger partial charge in [-0.15, -0.1) is 0 Å². The predicted molar refractivity (Wildman–Crippen MR) is 270 cm³/mol. The van der Waals surface area contributed by atoms with Crippen molar-refractivity contribution in [2.45, 2.75) is 199 Å². The van der Waals surface area contributed by atoms with Crippen LogP contribution in [-0.4, -0.2) is 103 Å². The van der Waals surface area contributed by atoms with Crippen molar-refractivity contribution in [3.63, 3.8) is 0 Å². The lowest BCUT2D eigenvalue weighted by Gasteiger charge is -2.36. The lowest BCUT2D eigenvalue weighted by molar-refractivity contribution is -0.167. The molecule has 2 aliphatic heterocycles. The van der Waals surface area contributed by atoms with Crippen LogP contribution >= 0.6 is 15.6 Å². The van der Waals surface area contributed by atoms with Gasteiger partial charge in [0.2, 0.25) is 0 Å². The number of nitrogens with two attached hydrogens (primary N) is 1. The number of cyclic esters (lactones) is 1. The number of esters is 2. The second-order valence-electron chi connectivity index (χ2n) is 19.2. The molecule has 0 fully saturated rings. The quantitative estimate of drug-likeness (QED) is 0.0260. The highest BCUT2D eigenvalue weighted by atomic mass is 31.3. The summed E-state index contributed by atoms with van der Waals surface area (Å²) in [5.74, 6) is -3.91. The third kappa shape index (κ3) is 25.7. The fraction of sp³-hybridized carbons (Fsp3) is 0.740. The Morgan fingerprint density at radius 2 is 1.50 bits per heavy atom. The van der Waals surface area contributed by atoms with Crippen LogP contribution in [0.25, 0.3) is 0 Å². The number of unbranched alkanes of at least 4 members (excludes halogenated alkanes) is 13. The first-order chi connectivity index (χ1) is 34.3. The molecule has 0 aromatic carbocycles. The predicted octanol–water partition coefficient (Wildman–Crippen LogP) is 8.25. The van der Waals surface area contributed by atoms with E-state index in [1.807, 2.05) is 6.92 Å². The molecule has 2 bridgehead atoms. The number of carbonyl (C=O) groups excluding carboxylic acids is 3. The number of anilines is 1. The summed E-state index contributed by atoms with van der Waals surface area (Å²) in [4.78, 5) is 77.9. The number of carbonyl (C=O) groups is 3. The van der Waals surface area contributed by atoms with Gasteiger partial charge in [-0.2, -0.15) is 9.29 Å². The third-order valence-corrected chi connectivity index (χ3v) is 15.0. The molecular weight excluding hydrogens is 977 g/mol. The standard InChI is InChI=1S/C50H83N3O17P2/c1-4-5-18-25-39(54)29-30-41-42(55)31-28-38-24-20-16-17-21-26-45(56)65-34-40(68-46(57)27-22-15-13-11-9-7-6-8-10-12-14-19-23-37(2)3)35-66-71(61,62)70-72(63,64)67-36-43(48(59)47(41)58)69-49(38)53-33-32-44(51)52-50(53)60/h16,20,28-33,37-41,43,47-49,54,58-59H,4-15,17-19,21-27,34-36H2,1-3H3,(H,61,62)(H,63,64)(H2,51,52,60)/b20-16-,30-29?,31-28-/t38-,39-,40+,41-,43+,47-,48+,49+/m0/s1. The number of ether oxygens (including phenoxy) is 3. The number of aromatic nitrogens is 2. The Kier molecular flexibility index (Phi) is 29.9. The summed E-state index contributed by atoms with van der Waals surface area (Å²) in [6, 6.07) is 1.28. The van der Waals surface area contributed by atoms with Gasteiger partial charge in [0.15, 0.2) is 11.9 Å². The van der Waals surface area contributed by atoms with Gasteiger partial charge in [0, 0.05) is 25.0 Å². The van der Waals surface area contributed by atoms with Crippen molar-refractivity contribution < 1.29 is 76.2 Å². The van der Waals surface area contributed by atoms with Gasteiger partial charge in [0.1, 0.15) is 30.9 Å². The minimum Gasteiger partial charge on any atom is -0.462 e. The zero-order valence-electron chi connectivity index (χ0n) is 42.5. The Bertz CT molecular complexity index is 2010. The second kappa shape index (κ2) is 34.2. The van der Waals surface area contributed by atoms with Gasteiger partial charge in [-0.1, -0.05) is 147 Å². The fourth-order valence-corrected chi connectivity index (χ4v) is 10.3. The number of ketones is 1. The molecule has 410 valence electrons. The average Bonchev–Trinajstić information content (AvgIpc) is 3.31. The lowest BCUT2D eigenvalue weighted by Crippen LogP contribution is -2.49. The van der Waals surface area contributed by atoms with Crippen LogP contribution in [0, 0.1) is 17.8 Å². The van der Waals surface area contributed by atoms with E-state index in [0.717, 1.165) is 55.1 Å². The topological polar surface area (TPSA) is 303 Å². The van der Waals surface area contributed by atoms with E-state index in [9.17, 15) is 53.4 Å². The van der Waals surface area contributed by atoms with Crippen LogP contribution in [-0.2, 0) is 51.1 Å². The van der Waals surface area contributed by atoms with E-state index in [1.165, 1.54) is 81.9 Å². The number of nitrogens with zero attached hydrogens (tertiary/aromatic N) is 2. The summed E-state index contributed by atoms with van der Waals surface area (Å²) in [6.07, 6.45) is 17.7. The highest BCUT2D eigenvalue weighted by Gasteiger charge is 2.42. The fourth-order valence-electron chi connectivity index (χ4n) is 8.23. The molecule has 22 heteroatoms. The Labute approximate surface area is 425 Å². The zero-order chi connectivity index (χ0) is 52.9. The van der Waals surface area contributed by atoms with Gasteiger partial charge in [-0.25, -0.2) is 13.9 Å². The van der Waals surface area contributed by atoms with Crippen LogP contribution in [0.2, 0.25) is 0 Å². The van der Waals surface area contributed by atoms with Crippen molar-refractivity contribution in [1.82, 2.24) is 9.55 Å². The largest absolute Gasteiger partial charge is 0.481 e. The molecule has 20 nitrogen and oxygen atoms in total. The molecule has 2 unspecified atom stereocenters. The summed E-state index contributed by atoms with van der Waals surface area (Å²) in [5.41, 5.74) is 4.84. The first kappa shape index (κ1) is 62.9. The van der Waals surface area contributed by atoms with Crippen molar-refractivity contribution in [1.29, 1.82) is 0 Å². The molecule has 0 aliphatic carbocycles. The highest BCUT2D eigenvalue weighted by Crippen LogP contribution is 2.60. The molecule has 1 aromatic heterocycles. The molecule has 0 radical (unpaired) electrons. The smallest absolute Gasteiger partial charge is 0.462 e. The number of rotatable bonds is 23. The van der Waals surface area contributed by atoms with Crippen LogP contribution in [0.4, 0.5) is 5.82 Å². The van der Waals surface area contributed by atoms with Gasteiger partial charge < -0.3 is 45.1 Å². The first-order valence-corrected chi connectivity index (χ1v) is 28.9. The average molecular weight is 1060 g/mol. The van der Waals surface area contributed by atoms with Gasteiger partial charge in [0.05, 0.1) is 31.3 Å². The van der Waals surface area contributed by atoms with Gasteiger partial charge in [0.25, 0.3) is 0 Å². The second-order valence-corrected chi connectivity index (χ2v) is 22.2. The van der Waals surface area contributed by atoms with E-state index in [0.29, 0.717) is 32.1 Å². The number of aliphatic hydroxyl groups is 3. The monoisotopic (exact) mass is 1060 g/mol. The number of phosphoric ester groups is 2. The first-order valence-electron chi connectivity index (χ1n) is 25.9. The molecule has 3 rings (SSSR count). The minimum atomic E-state index is -5.68. The Morgan fingerprint density at radius 1 is 0.875 bits per heavy atom. The zero-order valence-corrected chi connectivity index (χ0v) is 44.3. The maximum atomic E-state index is 13.8. The number of hydrogen-bond donors (Lipinski definition) is 6. The Hall–Kier alpha value is -3.39. The van der Waals surface area contributed by atoms with Gasteiger partial charge in [-0.3, -0.25) is 28.0 Å². The summed E-state index contributed by atoms with van der Waals surface area (Å²) < 4.78 is 59.1. The van der Waals surface area contributed by atoms with Crippen molar-refractivity contribution in [2.75, 3.05) is 25.6 Å². The molecule has 72 heavy (non-hydrogen) atoms. The molecule has 0 spiro atoms. The molecule has 0 saturated heterocycles. The van der Waals surface area contributed by atoms with E-state index in [2.05, 4.69) is 23.1 Å². The molecule has 0 saturated carbocycles. The van der Waals surface area contributed by atoms with E-state index < -0.39 is 107 Å². The van der Waals surface area contributed by atoms with Crippen molar-refractivity contribution in [3.8, 4) is 0 Å². The van der Waals surface area contributed by atoms with Crippen LogP contribution in [0.1, 0.15) is 168 Å². The summed E-state index contributed by atoms with van der Waals surface area (Å²) in [6.45, 7) is 3.85.